The van der Waals surface area contributed by atoms with Gasteiger partial charge >= 0.3 is 0 Å². The Hall–Kier alpha value is -2.48. The van der Waals surface area contributed by atoms with Crippen LogP contribution in [0.2, 0.25) is 0 Å². The second kappa shape index (κ2) is 6.01. The molecule has 7 heteroatoms. The summed E-state index contributed by atoms with van der Waals surface area (Å²) in [7, 11) is 3.79. The predicted octanol–water partition coefficient (Wildman–Crippen LogP) is 3.09. The second-order valence-electron chi connectivity index (χ2n) is 7.51. The standard InChI is InChI=1S/C21H21NO6/c1-22-6-5-11-7-15-16(26-9-25-15)8-13(11)18(22)19-12-3-4-14-20(27-10-24-14)17(12)21(23-2)28-19/h3-4,7-8,18-19,21H,5-6,9-10H2,1-2H3/t18-,19-,21-/m0/s1. The molecule has 0 unspecified atom stereocenters. The summed E-state index contributed by atoms with van der Waals surface area (Å²) in [5.74, 6) is 3.10. The molecule has 146 valence electrons. The highest BCUT2D eigenvalue weighted by Gasteiger charge is 2.45. The van der Waals surface area contributed by atoms with Crippen molar-refractivity contribution in [1.82, 2.24) is 4.90 Å². The third-order valence-corrected chi connectivity index (χ3v) is 6.09. The van der Waals surface area contributed by atoms with E-state index in [4.69, 9.17) is 28.4 Å². The summed E-state index contributed by atoms with van der Waals surface area (Å²) >= 11 is 0. The van der Waals surface area contributed by atoms with Crippen LogP contribution in [0.1, 0.15) is 40.7 Å². The van der Waals surface area contributed by atoms with Gasteiger partial charge in [0.1, 0.15) is 6.10 Å². The first-order chi connectivity index (χ1) is 13.7. The molecule has 3 atom stereocenters. The second-order valence-corrected chi connectivity index (χ2v) is 7.51. The molecule has 0 fully saturated rings. The van der Waals surface area contributed by atoms with Crippen LogP contribution in [0.5, 0.6) is 23.0 Å². The highest BCUT2D eigenvalue weighted by molar-refractivity contribution is 5.56. The minimum atomic E-state index is -0.482. The van der Waals surface area contributed by atoms with Gasteiger partial charge in [-0.1, -0.05) is 6.07 Å². The van der Waals surface area contributed by atoms with Gasteiger partial charge in [0.15, 0.2) is 29.3 Å². The van der Waals surface area contributed by atoms with Gasteiger partial charge in [0.05, 0.1) is 11.6 Å². The molecule has 2 aromatic rings. The minimum absolute atomic E-state index is 0.0394. The van der Waals surface area contributed by atoms with E-state index in [1.807, 2.05) is 6.07 Å². The maximum atomic E-state index is 6.42. The van der Waals surface area contributed by atoms with Gasteiger partial charge in [0.25, 0.3) is 0 Å². The Kier molecular flexibility index (Phi) is 3.53. The Morgan fingerprint density at radius 1 is 0.964 bits per heavy atom. The summed E-state index contributed by atoms with van der Waals surface area (Å²) < 4.78 is 34.6. The smallest absolute Gasteiger partial charge is 0.231 e. The lowest BCUT2D eigenvalue weighted by molar-refractivity contribution is -0.160. The molecular formula is C21H21NO6. The zero-order valence-corrected chi connectivity index (χ0v) is 15.8. The quantitative estimate of drug-likeness (QED) is 0.790. The topological polar surface area (TPSA) is 58.6 Å². The molecule has 4 aliphatic heterocycles. The number of methoxy groups -OCH3 is 1. The molecule has 0 aromatic heterocycles. The molecule has 6 rings (SSSR count). The van der Waals surface area contributed by atoms with E-state index in [-0.39, 0.29) is 25.7 Å². The van der Waals surface area contributed by atoms with Crippen LogP contribution in [0.3, 0.4) is 0 Å². The molecule has 4 heterocycles. The van der Waals surface area contributed by atoms with Crippen LogP contribution in [0, 0.1) is 0 Å². The van der Waals surface area contributed by atoms with Gasteiger partial charge in [-0.05, 0) is 48.4 Å². The molecule has 0 radical (unpaired) electrons. The molecular weight excluding hydrogens is 362 g/mol. The van der Waals surface area contributed by atoms with Crippen LogP contribution < -0.4 is 18.9 Å². The summed E-state index contributed by atoms with van der Waals surface area (Å²) in [5, 5.41) is 0. The first kappa shape index (κ1) is 16.5. The van der Waals surface area contributed by atoms with Crippen molar-refractivity contribution in [2.24, 2.45) is 0 Å². The van der Waals surface area contributed by atoms with E-state index in [1.165, 1.54) is 11.1 Å². The Morgan fingerprint density at radius 2 is 1.75 bits per heavy atom. The van der Waals surface area contributed by atoms with E-state index in [1.54, 1.807) is 7.11 Å². The highest BCUT2D eigenvalue weighted by atomic mass is 16.7. The summed E-state index contributed by atoms with van der Waals surface area (Å²) in [6.45, 7) is 1.44. The van der Waals surface area contributed by atoms with Gasteiger partial charge in [-0.2, -0.15) is 0 Å². The number of hydrogen-bond donors (Lipinski definition) is 0. The van der Waals surface area contributed by atoms with Crippen LogP contribution in [-0.2, 0) is 15.9 Å². The fourth-order valence-corrected chi connectivity index (χ4v) is 4.75. The molecule has 7 nitrogen and oxygen atoms in total. The molecule has 2 aromatic carbocycles. The molecule has 4 aliphatic rings. The van der Waals surface area contributed by atoms with Crippen LogP contribution in [0.15, 0.2) is 24.3 Å². The van der Waals surface area contributed by atoms with Gasteiger partial charge in [-0.25, -0.2) is 0 Å². The van der Waals surface area contributed by atoms with Crippen LogP contribution in [0.25, 0.3) is 0 Å². The van der Waals surface area contributed by atoms with Gasteiger partial charge in [0, 0.05) is 13.7 Å². The molecule has 0 saturated carbocycles. The number of benzene rings is 2. The summed E-state index contributed by atoms with van der Waals surface area (Å²) in [6, 6.07) is 8.29. The van der Waals surface area contributed by atoms with Crippen molar-refractivity contribution in [3.05, 3.63) is 46.5 Å². The molecule has 0 spiro atoms. The third-order valence-electron chi connectivity index (χ3n) is 6.09. The van der Waals surface area contributed by atoms with Crippen LogP contribution in [0.4, 0.5) is 0 Å². The Labute approximate surface area is 162 Å². The van der Waals surface area contributed by atoms with E-state index in [9.17, 15) is 0 Å². The number of rotatable bonds is 2. The van der Waals surface area contributed by atoms with E-state index >= 15 is 0 Å². The molecule has 0 saturated heterocycles. The highest BCUT2D eigenvalue weighted by Crippen LogP contribution is 2.55. The largest absolute Gasteiger partial charge is 0.454 e. The summed E-state index contributed by atoms with van der Waals surface area (Å²) in [5.41, 5.74) is 4.50. The number of nitrogens with zero attached hydrogens (tertiary/aromatic N) is 1. The maximum absolute atomic E-state index is 6.42. The Balaban J connectivity index is 1.48. The van der Waals surface area contributed by atoms with Crippen molar-refractivity contribution < 1.29 is 28.4 Å². The Bertz CT molecular complexity index is 960. The lowest BCUT2D eigenvalue weighted by atomic mass is 9.86. The van der Waals surface area contributed by atoms with Gasteiger partial charge in [0.2, 0.25) is 13.6 Å². The van der Waals surface area contributed by atoms with E-state index in [0.717, 1.165) is 47.1 Å². The summed E-state index contributed by atoms with van der Waals surface area (Å²) in [6.07, 6.45) is 0.302. The van der Waals surface area contributed by atoms with Crippen molar-refractivity contribution in [2.75, 3.05) is 34.3 Å². The van der Waals surface area contributed by atoms with E-state index in [0.29, 0.717) is 0 Å². The number of hydrogen-bond acceptors (Lipinski definition) is 7. The zero-order chi connectivity index (χ0) is 18.8. The first-order valence-corrected chi connectivity index (χ1v) is 9.48. The summed E-state index contributed by atoms with van der Waals surface area (Å²) in [4.78, 5) is 2.33. The number of likely N-dealkylation sites (N-methyl/N-ethyl adjacent to an activating group) is 1. The zero-order valence-electron chi connectivity index (χ0n) is 15.8. The van der Waals surface area contributed by atoms with Gasteiger partial charge < -0.3 is 28.4 Å². The fraction of sp³-hybridized carbons (Fsp3) is 0.429. The van der Waals surface area contributed by atoms with Crippen molar-refractivity contribution in [1.29, 1.82) is 0 Å². The average Bonchev–Trinajstić information content (AvgIpc) is 3.43. The monoisotopic (exact) mass is 383 g/mol. The minimum Gasteiger partial charge on any atom is -0.454 e. The van der Waals surface area contributed by atoms with Crippen molar-refractivity contribution >= 4 is 0 Å². The SMILES string of the molecule is CO[C@H]1O[C@H]([C@@H]2c3cc4c(cc3CCN2C)OCO4)c2ccc3c(c21)OCO3. The van der Waals surface area contributed by atoms with Crippen LogP contribution >= 0.6 is 0 Å². The van der Waals surface area contributed by atoms with Crippen molar-refractivity contribution in [3.63, 3.8) is 0 Å². The molecule has 0 bridgehead atoms. The van der Waals surface area contributed by atoms with Gasteiger partial charge in [-0.15, -0.1) is 0 Å². The van der Waals surface area contributed by atoms with Crippen LogP contribution in [-0.4, -0.2) is 39.2 Å². The third kappa shape index (κ3) is 2.21. The predicted molar refractivity (Wildman–Crippen MR) is 97.8 cm³/mol. The lowest BCUT2D eigenvalue weighted by Gasteiger charge is -2.38. The molecule has 28 heavy (non-hydrogen) atoms. The molecule has 0 amide bonds. The maximum Gasteiger partial charge on any atom is 0.231 e. The van der Waals surface area contributed by atoms with Crippen molar-refractivity contribution in [2.45, 2.75) is 24.9 Å². The normalized spacial score (nSPS) is 27.0. The molecule has 0 N–H and O–H groups in total. The number of ether oxygens (including phenoxy) is 6. The first-order valence-electron chi connectivity index (χ1n) is 9.48. The average molecular weight is 383 g/mol. The van der Waals surface area contributed by atoms with Gasteiger partial charge in [-0.3, -0.25) is 4.90 Å². The Morgan fingerprint density at radius 3 is 2.61 bits per heavy atom. The fourth-order valence-electron chi connectivity index (χ4n) is 4.75. The number of fused-ring (bicyclic) bond motifs is 5. The van der Waals surface area contributed by atoms with E-state index < -0.39 is 6.29 Å². The molecule has 0 aliphatic carbocycles. The van der Waals surface area contributed by atoms with Crippen molar-refractivity contribution in [3.8, 4) is 23.0 Å². The lowest BCUT2D eigenvalue weighted by Crippen LogP contribution is -2.35. The van der Waals surface area contributed by atoms with E-state index in [2.05, 4.69) is 30.1 Å².